The minimum Gasteiger partial charge on any atom is -0.506 e. The van der Waals surface area contributed by atoms with Crippen molar-refractivity contribution >= 4 is 40.5 Å². The van der Waals surface area contributed by atoms with Crippen molar-refractivity contribution in [3.05, 3.63) is 58.6 Å². The molecule has 0 heterocycles. The first-order valence-electron chi connectivity index (χ1n) is 6.13. The van der Waals surface area contributed by atoms with Gasteiger partial charge in [-0.25, -0.2) is 0 Å². The maximum absolute atomic E-state index is 12.0. The molecule has 4 nitrogen and oxygen atoms in total. The average Bonchev–Trinajstić information content (AvgIpc) is 2.42. The van der Waals surface area contributed by atoms with Crippen LogP contribution in [0.25, 0.3) is 0 Å². The quantitative estimate of drug-likeness (QED) is 0.585. The third-order valence-corrected chi connectivity index (χ3v) is 3.15. The van der Waals surface area contributed by atoms with Crippen molar-refractivity contribution < 1.29 is 9.90 Å². The van der Waals surface area contributed by atoms with E-state index in [1.54, 1.807) is 36.4 Å². The number of hydrogen-bond acceptors (Lipinski definition) is 3. The number of aromatic hydroxyl groups is 1. The minimum absolute atomic E-state index is 0.0642. The third kappa shape index (κ3) is 4.18. The standard InChI is InChI=1S/C15H13ClN2O2S/c1-9-5-6-12(13(19)7-9)17-15(21)18-14(20)10-3-2-4-11(16)8-10/h2-8,19H,1H3,(H2,17,18,20,21). The second kappa shape index (κ2) is 6.56. The summed E-state index contributed by atoms with van der Waals surface area (Å²) in [5.74, 6) is -0.309. The number of thiocarbonyl (C=S) groups is 1. The van der Waals surface area contributed by atoms with Gasteiger partial charge in [0.25, 0.3) is 5.91 Å². The van der Waals surface area contributed by atoms with Crippen LogP contribution >= 0.6 is 23.8 Å². The smallest absolute Gasteiger partial charge is 0.257 e. The van der Waals surface area contributed by atoms with Crippen LogP contribution in [0.1, 0.15) is 15.9 Å². The Morgan fingerprint density at radius 1 is 1.24 bits per heavy atom. The van der Waals surface area contributed by atoms with Gasteiger partial charge in [0.15, 0.2) is 5.11 Å². The summed E-state index contributed by atoms with van der Waals surface area (Å²) in [5.41, 5.74) is 1.75. The van der Waals surface area contributed by atoms with E-state index in [2.05, 4.69) is 10.6 Å². The lowest BCUT2D eigenvalue weighted by molar-refractivity contribution is 0.0977. The molecule has 21 heavy (non-hydrogen) atoms. The summed E-state index contributed by atoms with van der Waals surface area (Å²) < 4.78 is 0. The van der Waals surface area contributed by atoms with E-state index in [9.17, 15) is 9.90 Å². The number of halogens is 1. The molecule has 0 aliphatic carbocycles. The highest BCUT2D eigenvalue weighted by Crippen LogP contribution is 2.23. The molecular weight excluding hydrogens is 308 g/mol. The molecule has 3 N–H and O–H groups in total. The molecule has 1 amide bonds. The Kier molecular flexibility index (Phi) is 4.77. The Balaban J connectivity index is 2.03. The van der Waals surface area contributed by atoms with Crippen LogP contribution in [-0.4, -0.2) is 16.1 Å². The minimum atomic E-state index is -0.374. The summed E-state index contributed by atoms with van der Waals surface area (Å²) >= 11 is 10.9. The molecule has 0 atom stereocenters. The molecule has 0 bridgehead atoms. The molecule has 0 aromatic heterocycles. The van der Waals surface area contributed by atoms with Gasteiger partial charge in [0, 0.05) is 10.6 Å². The highest BCUT2D eigenvalue weighted by Gasteiger charge is 2.09. The van der Waals surface area contributed by atoms with Crippen molar-refractivity contribution in [1.82, 2.24) is 5.32 Å². The van der Waals surface area contributed by atoms with Crippen LogP contribution in [0.4, 0.5) is 5.69 Å². The first-order valence-corrected chi connectivity index (χ1v) is 6.92. The van der Waals surface area contributed by atoms with Crippen LogP contribution < -0.4 is 10.6 Å². The van der Waals surface area contributed by atoms with Crippen LogP contribution in [0.3, 0.4) is 0 Å². The first-order chi connectivity index (χ1) is 9.95. The van der Waals surface area contributed by atoms with Crippen molar-refractivity contribution in [2.24, 2.45) is 0 Å². The molecule has 6 heteroatoms. The fraction of sp³-hybridized carbons (Fsp3) is 0.0667. The third-order valence-electron chi connectivity index (χ3n) is 2.72. The van der Waals surface area contributed by atoms with Gasteiger partial charge >= 0.3 is 0 Å². The highest BCUT2D eigenvalue weighted by molar-refractivity contribution is 7.80. The second-order valence-electron chi connectivity index (χ2n) is 4.44. The lowest BCUT2D eigenvalue weighted by atomic mass is 10.2. The van der Waals surface area contributed by atoms with Crippen LogP contribution in [0, 0.1) is 6.92 Å². The van der Waals surface area contributed by atoms with Gasteiger partial charge in [0.2, 0.25) is 0 Å². The predicted molar refractivity (Wildman–Crippen MR) is 88.0 cm³/mol. The van der Waals surface area contributed by atoms with Gasteiger partial charge in [-0.15, -0.1) is 0 Å². The molecule has 0 fully saturated rings. The van der Waals surface area contributed by atoms with Gasteiger partial charge in [-0.3, -0.25) is 10.1 Å². The van der Waals surface area contributed by atoms with Crippen LogP contribution in [-0.2, 0) is 0 Å². The van der Waals surface area contributed by atoms with Crippen molar-refractivity contribution in [1.29, 1.82) is 0 Å². The number of benzene rings is 2. The fourth-order valence-corrected chi connectivity index (χ4v) is 2.10. The van der Waals surface area contributed by atoms with E-state index in [-0.39, 0.29) is 16.8 Å². The van der Waals surface area contributed by atoms with Crippen molar-refractivity contribution in [2.45, 2.75) is 6.92 Å². The Labute approximate surface area is 132 Å². The number of hydrogen-bond donors (Lipinski definition) is 3. The van der Waals surface area contributed by atoms with Gasteiger partial charge in [-0.2, -0.15) is 0 Å². The lowest BCUT2D eigenvalue weighted by Gasteiger charge is -2.11. The maximum atomic E-state index is 12.0. The monoisotopic (exact) mass is 320 g/mol. The first kappa shape index (κ1) is 15.3. The van der Waals surface area contributed by atoms with Crippen molar-refractivity contribution in [3.8, 4) is 5.75 Å². The van der Waals surface area contributed by atoms with Gasteiger partial charge in [0.05, 0.1) is 5.69 Å². The van der Waals surface area contributed by atoms with Crippen molar-refractivity contribution in [2.75, 3.05) is 5.32 Å². The molecule has 0 spiro atoms. The molecule has 0 aliphatic rings. The lowest BCUT2D eigenvalue weighted by Crippen LogP contribution is -2.34. The van der Waals surface area contributed by atoms with Gasteiger partial charge in [-0.1, -0.05) is 23.7 Å². The molecule has 108 valence electrons. The molecule has 0 unspecified atom stereocenters. The zero-order valence-electron chi connectivity index (χ0n) is 11.2. The number of rotatable bonds is 2. The van der Waals surface area contributed by atoms with Gasteiger partial charge < -0.3 is 10.4 Å². The predicted octanol–water partition coefficient (Wildman–Crippen LogP) is 3.48. The summed E-state index contributed by atoms with van der Waals surface area (Å²) in [6.45, 7) is 1.86. The molecule has 0 radical (unpaired) electrons. The van der Waals surface area contributed by atoms with E-state index in [0.29, 0.717) is 16.3 Å². The van der Waals surface area contributed by atoms with Crippen LogP contribution in [0.5, 0.6) is 5.75 Å². The number of amides is 1. The molecule has 0 saturated heterocycles. The zero-order valence-corrected chi connectivity index (χ0v) is 12.8. The topological polar surface area (TPSA) is 61.4 Å². The number of carbonyl (C=O) groups is 1. The highest BCUT2D eigenvalue weighted by atomic mass is 35.5. The van der Waals surface area contributed by atoms with Crippen LogP contribution in [0.2, 0.25) is 5.02 Å². The number of phenols is 1. The van der Waals surface area contributed by atoms with E-state index in [1.165, 1.54) is 0 Å². The van der Waals surface area contributed by atoms with E-state index >= 15 is 0 Å². The molecule has 2 aromatic rings. The number of carbonyl (C=O) groups excluding carboxylic acids is 1. The summed E-state index contributed by atoms with van der Waals surface area (Å²) in [5, 5.41) is 15.6. The second-order valence-corrected chi connectivity index (χ2v) is 5.28. The molecule has 2 aromatic carbocycles. The molecule has 0 saturated carbocycles. The van der Waals surface area contributed by atoms with Gasteiger partial charge in [0.1, 0.15) is 5.75 Å². The van der Waals surface area contributed by atoms with E-state index in [4.69, 9.17) is 23.8 Å². The fourth-order valence-electron chi connectivity index (χ4n) is 1.71. The number of aryl methyl sites for hydroxylation is 1. The number of phenolic OH excluding ortho intramolecular Hbond substituents is 1. The summed E-state index contributed by atoms with van der Waals surface area (Å²) in [4.78, 5) is 12.0. The summed E-state index contributed by atoms with van der Waals surface area (Å²) in [6.07, 6.45) is 0. The van der Waals surface area contributed by atoms with E-state index in [1.807, 2.05) is 13.0 Å². The molecule has 0 aliphatic heterocycles. The molecule has 2 rings (SSSR count). The largest absolute Gasteiger partial charge is 0.506 e. The number of anilines is 1. The van der Waals surface area contributed by atoms with Gasteiger partial charge in [-0.05, 0) is 55.0 Å². The van der Waals surface area contributed by atoms with E-state index < -0.39 is 0 Å². The Hall–Kier alpha value is -2.11. The normalized spacial score (nSPS) is 10.0. The Bertz CT molecular complexity index is 704. The molecular formula is C15H13ClN2O2S. The average molecular weight is 321 g/mol. The van der Waals surface area contributed by atoms with Crippen LogP contribution in [0.15, 0.2) is 42.5 Å². The SMILES string of the molecule is Cc1ccc(NC(=S)NC(=O)c2cccc(Cl)c2)c(O)c1. The Morgan fingerprint density at radius 3 is 2.67 bits per heavy atom. The summed E-state index contributed by atoms with van der Waals surface area (Å²) in [7, 11) is 0. The maximum Gasteiger partial charge on any atom is 0.257 e. The summed E-state index contributed by atoms with van der Waals surface area (Å²) in [6, 6.07) is 11.6. The van der Waals surface area contributed by atoms with Crippen molar-refractivity contribution in [3.63, 3.8) is 0 Å². The Morgan fingerprint density at radius 2 is 2.00 bits per heavy atom. The number of nitrogens with one attached hydrogen (secondary N) is 2. The zero-order chi connectivity index (χ0) is 15.4. The van der Waals surface area contributed by atoms with E-state index in [0.717, 1.165) is 5.56 Å².